The number of hydrogen-bond acceptors (Lipinski definition) is 6. The van der Waals surface area contributed by atoms with Gasteiger partial charge >= 0.3 is 0 Å². The summed E-state index contributed by atoms with van der Waals surface area (Å²) < 4.78 is 5.94. The van der Waals surface area contributed by atoms with E-state index in [0.717, 1.165) is 65.0 Å². The summed E-state index contributed by atoms with van der Waals surface area (Å²) in [6.45, 7) is 0.655. The number of carbonyl (C=O) groups excluding carboxylic acids is 1. The number of amides is 1. The molecule has 0 bridgehead atoms. The number of pyridine rings is 1. The highest BCUT2D eigenvalue weighted by Gasteiger charge is 2.32. The Morgan fingerprint density at radius 3 is 2.63 bits per heavy atom. The van der Waals surface area contributed by atoms with Crippen LogP contribution in [-0.2, 0) is 11.2 Å². The second kappa shape index (κ2) is 10.0. The molecule has 1 aliphatic carbocycles. The monoisotopic (exact) mass is 504 g/mol. The number of carbonyl (C=O) groups is 1. The number of nitrogen functional groups attached to an aromatic ring is 1. The lowest BCUT2D eigenvalue weighted by Crippen LogP contribution is -2.37. The molecule has 1 unspecified atom stereocenters. The van der Waals surface area contributed by atoms with Crippen molar-refractivity contribution in [3.05, 3.63) is 78.0 Å². The molecule has 38 heavy (non-hydrogen) atoms. The molecule has 8 heteroatoms. The number of anilines is 1. The number of nitrogens with one attached hydrogen (secondary N) is 1. The average Bonchev–Trinajstić information content (AvgIpc) is 3.52. The van der Waals surface area contributed by atoms with Crippen LogP contribution in [0.5, 0.6) is 11.5 Å². The van der Waals surface area contributed by atoms with Gasteiger partial charge in [-0.1, -0.05) is 24.3 Å². The molecule has 2 aliphatic rings. The molecule has 0 radical (unpaired) electrons. The maximum absolute atomic E-state index is 13.2. The van der Waals surface area contributed by atoms with E-state index in [2.05, 4.69) is 16.3 Å². The van der Waals surface area contributed by atoms with Gasteiger partial charge in [-0.2, -0.15) is 10.4 Å². The lowest BCUT2D eigenvalue weighted by Gasteiger charge is -2.24. The minimum Gasteiger partial charge on any atom is -0.457 e. The third-order valence-electron chi connectivity index (χ3n) is 7.19. The first-order valence-electron chi connectivity index (χ1n) is 13.0. The fraction of sp³-hybridized carbons (Fsp3) is 0.267. The Kier molecular flexibility index (Phi) is 6.26. The summed E-state index contributed by atoms with van der Waals surface area (Å²) in [5.41, 5.74) is 9.75. The van der Waals surface area contributed by atoms with E-state index in [1.807, 2.05) is 71.6 Å². The molecule has 3 heterocycles. The molecule has 6 rings (SSSR count). The molecule has 8 nitrogen and oxygen atoms in total. The number of allylic oxidation sites excluding steroid dienone is 1. The minimum absolute atomic E-state index is 0.0156. The van der Waals surface area contributed by atoms with Gasteiger partial charge in [-0.15, -0.1) is 0 Å². The van der Waals surface area contributed by atoms with Crippen molar-refractivity contribution in [3.63, 3.8) is 0 Å². The van der Waals surface area contributed by atoms with Crippen LogP contribution < -0.4 is 10.5 Å². The predicted octanol–water partition coefficient (Wildman–Crippen LogP) is 5.39. The molecule has 0 spiro atoms. The fourth-order valence-corrected chi connectivity index (χ4v) is 5.11. The summed E-state index contributed by atoms with van der Waals surface area (Å²) in [6.07, 6.45) is 6.33. The van der Waals surface area contributed by atoms with Gasteiger partial charge in [0.1, 0.15) is 23.1 Å². The highest BCUT2D eigenvalue weighted by atomic mass is 16.5. The van der Waals surface area contributed by atoms with Crippen LogP contribution in [0.25, 0.3) is 22.2 Å². The Bertz CT molecular complexity index is 1550. The molecular formula is C30H28N6O2. The van der Waals surface area contributed by atoms with Gasteiger partial charge in [0.25, 0.3) is 5.91 Å². The van der Waals surface area contributed by atoms with Crippen LogP contribution in [0.1, 0.15) is 31.4 Å². The van der Waals surface area contributed by atoms with E-state index in [1.165, 1.54) is 0 Å². The van der Waals surface area contributed by atoms with Crippen LogP contribution in [0.15, 0.2) is 72.3 Å². The van der Waals surface area contributed by atoms with Crippen molar-refractivity contribution in [2.45, 2.75) is 38.1 Å². The zero-order chi connectivity index (χ0) is 26.1. The first-order chi connectivity index (χ1) is 18.6. The third-order valence-corrected chi connectivity index (χ3v) is 7.19. The standard InChI is InChI=1S/C30H28N6O2/c31-18-21(15-19-8-9-19)30(37)36-14-4-5-23(36)16-22-17-26-27(29(32)35-34-26)28(33-22)20-10-12-25(13-11-20)38-24-6-2-1-3-7-24/h1-3,6-7,10-13,15,17,19,23H,4-5,8-9,14,16H2,(H3,32,34,35)/b21-15+. The number of aromatic amines is 1. The molecular weight excluding hydrogens is 476 g/mol. The van der Waals surface area contributed by atoms with Crippen LogP contribution in [0.3, 0.4) is 0 Å². The number of hydrogen-bond donors (Lipinski definition) is 2. The van der Waals surface area contributed by atoms with Crippen molar-refractivity contribution >= 4 is 22.6 Å². The molecule has 4 aromatic rings. The number of nitriles is 1. The number of rotatable bonds is 7. The summed E-state index contributed by atoms with van der Waals surface area (Å²) in [4.78, 5) is 20.0. The van der Waals surface area contributed by atoms with Gasteiger partial charge in [0.15, 0.2) is 5.82 Å². The van der Waals surface area contributed by atoms with Crippen molar-refractivity contribution < 1.29 is 9.53 Å². The minimum atomic E-state index is -0.164. The largest absolute Gasteiger partial charge is 0.457 e. The zero-order valence-corrected chi connectivity index (χ0v) is 20.9. The second-order valence-corrected chi connectivity index (χ2v) is 9.96. The third kappa shape index (κ3) is 4.83. The van der Waals surface area contributed by atoms with E-state index in [4.69, 9.17) is 15.5 Å². The summed E-state index contributed by atoms with van der Waals surface area (Å²) >= 11 is 0. The van der Waals surface area contributed by atoms with Crippen LogP contribution >= 0.6 is 0 Å². The zero-order valence-electron chi connectivity index (χ0n) is 20.9. The topological polar surface area (TPSA) is 121 Å². The molecule has 2 aromatic carbocycles. The van der Waals surface area contributed by atoms with E-state index in [0.29, 0.717) is 24.7 Å². The van der Waals surface area contributed by atoms with Crippen molar-refractivity contribution in [2.75, 3.05) is 12.3 Å². The number of aromatic nitrogens is 3. The molecule has 2 aromatic heterocycles. The van der Waals surface area contributed by atoms with Gasteiger partial charge in [-0.25, -0.2) is 0 Å². The predicted molar refractivity (Wildman–Crippen MR) is 145 cm³/mol. The highest BCUT2D eigenvalue weighted by molar-refractivity contribution is 6.00. The number of fused-ring (bicyclic) bond motifs is 1. The first kappa shape index (κ1) is 23.7. The summed E-state index contributed by atoms with van der Waals surface area (Å²) in [6, 6.07) is 21.4. The Morgan fingerprint density at radius 1 is 1.13 bits per heavy atom. The van der Waals surface area contributed by atoms with Crippen LogP contribution in [0.4, 0.5) is 5.82 Å². The number of H-pyrrole nitrogens is 1. The number of ether oxygens (including phenoxy) is 1. The number of likely N-dealkylation sites (tertiary alicyclic amines) is 1. The SMILES string of the molecule is N#C/C(=C\C1CC1)C(=O)N1CCCC1Cc1cc2[nH]nc(N)c2c(-c2ccc(Oc3ccccc3)cc2)n1. The highest BCUT2D eigenvalue weighted by Crippen LogP contribution is 2.34. The molecule has 1 atom stereocenters. The van der Waals surface area contributed by atoms with E-state index in [9.17, 15) is 10.1 Å². The maximum atomic E-state index is 13.2. The second-order valence-electron chi connectivity index (χ2n) is 9.96. The smallest absolute Gasteiger partial charge is 0.264 e. The van der Waals surface area contributed by atoms with E-state index in [1.54, 1.807) is 0 Å². The number of nitrogens with two attached hydrogens (primary N) is 1. The Labute approximate surface area is 220 Å². The van der Waals surface area contributed by atoms with Gasteiger partial charge in [0, 0.05) is 30.3 Å². The van der Waals surface area contributed by atoms with Gasteiger partial charge in [-0.05, 0) is 74.1 Å². The number of nitrogens with zero attached hydrogens (tertiary/aromatic N) is 4. The quantitative estimate of drug-likeness (QED) is 0.257. The summed E-state index contributed by atoms with van der Waals surface area (Å²) in [7, 11) is 0. The Balaban J connectivity index is 1.28. The molecule has 1 saturated carbocycles. The average molecular weight is 505 g/mol. The molecule has 1 aliphatic heterocycles. The first-order valence-corrected chi connectivity index (χ1v) is 13.0. The Morgan fingerprint density at radius 2 is 1.89 bits per heavy atom. The van der Waals surface area contributed by atoms with Gasteiger partial charge in [-0.3, -0.25) is 14.9 Å². The lowest BCUT2D eigenvalue weighted by molar-refractivity contribution is -0.127. The van der Waals surface area contributed by atoms with E-state index >= 15 is 0 Å². The van der Waals surface area contributed by atoms with E-state index in [-0.39, 0.29) is 17.5 Å². The number of para-hydroxylation sites is 1. The molecule has 3 N–H and O–H groups in total. The normalized spacial score (nSPS) is 17.5. The van der Waals surface area contributed by atoms with Crippen molar-refractivity contribution in [2.24, 2.45) is 5.92 Å². The van der Waals surface area contributed by atoms with Crippen molar-refractivity contribution in [3.8, 4) is 28.8 Å². The van der Waals surface area contributed by atoms with Crippen LogP contribution in [0, 0.1) is 17.2 Å². The summed E-state index contributed by atoms with van der Waals surface area (Å²) in [5, 5.41) is 17.6. The molecule has 2 fully saturated rings. The van der Waals surface area contributed by atoms with Crippen molar-refractivity contribution in [1.29, 1.82) is 5.26 Å². The summed E-state index contributed by atoms with van der Waals surface area (Å²) in [5.74, 6) is 2.09. The van der Waals surface area contributed by atoms with E-state index < -0.39 is 0 Å². The van der Waals surface area contributed by atoms with Gasteiger partial charge in [0.2, 0.25) is 0 Å². The molecule has 1 amide bonds. The van der Waals surface area contributed by atoms with Gasteiger partial charge < -0.3 is 15.4 Å². The number of benzene rings is 2. The molecule has 190 valence electrons. The fourth-order valence-electron chi connectivity index (χ4n) is 5.11. The van der Waals surface area contributed by atoms with Crippen LogP contribution in [0.2, 0.25) is 0 Å². The van der Waals surface area contributed by atoms with Crippen LogP contribution in [-0.4, -0.2) is 38.6 Å². The maximum Gasteiger partial charge on any atom is 0.264 e. The van der Waals surface area contributed by atoms with Gasteiger partial charge in [0.05, 0.1) is 16.6 Å². The van der Waals surface area contributed by atoms with Crippen molar-refractivity contribution in [1.82, 2.24) is 20.1 Å². The Hall–Kier alpha value is -4.64. The lowest BCUT2D eigenvalue weighted by atomic mass is 10.0. The molecule has 1 saturated heterocycles.